The predicted octanol–water partition coefficient (Wildman–Crippen LogP) is 1.71. The van der Waals surface area contributed by atoms with Crippen molar-refractivity contribution in [3.63, 3.8) is 0 Å². The van der Waals surface area contributed by atoms with Crippen LogP contribution in [0.25, 0.3) is 0 Å². The number of aromatic nitrogens is 1. The third-order valence-corrected chi connectivity index (χ3v) is 4.16. The van der Waals surface area contributed by atoms with Crippen LogP contribution in [0.4, 0.5) is 0 Å². The summed E-state index contributed by atoms with van der Waals surface area (Å²) in [4.78, 5) is 6.61. The van der Waals surface area contributed by atoms with Gasteiger partial charge in [-0.15, -0.1) is 0 Å². The molecule has 1 aliphatic rings. The lowest BCUT2D eigenvalue weighted by molar-refractivity contribution is 0.0472. The molecule has 0 spiro atoms. The smallest absolute Gasteiger partial charge is 0.0558 e. The summed E-state index contributed by atoms with van der Waals surface area (Å²) < 4.78 is 0. The second-order valence-electron chi connectivity index (χ2n) is 5.35. The van der Waals surface area contributed by atoms with Gasteiger partial charge in [0.2, 0.25) is 0 Å². The van der Waals surface area contributed by atoms with Crippen LogP contribution in [0.1, 0.15) is 44.2 Å². The van der Waals surface area contributed by atoms with Crippen LogP contribution < -0.4 is 5.73 Å². The number of pyridine rings is 1. The van der Waals surface area contributed by atoms with E-state index in [4.69, 9.17) is 5.73 Å². The largest absolute Gasteiger partial charge is 0.395 e. The number of nitrogens with zero attached hydrogens (tertiary/aromatic N) is 2. The SMILES string of the molecule is CCC(N)C(c1cccnc1)N(CCO)C1CCC1. The Hall–Kier alpha value is -0.970. The van der Waals surface area contributed by atoms with Gasteiger partial charge in [0, 0.05) is 31.0 Å². The van der Waals surface area contributed by atoms with Crippen LogP contribution in [-0.2, 0) is 0 Å². The number of hydrogen-bond donors (Lipinski definition) is 2. The summed E-state index contributed by atoms with van der Waals surface area (Å²) in [7, 11) is 0. The minimum Gasteiger partial charge on any atom is -0.395 e. The molecular formula is C15H25N3O. The highest BCUT2D eigenvalue weighted by Gasteiger charge is 2.33. The van der Waals surface area contributed by atoms with Gasteiger partial charge in [0.15, 0.2) is 0 Å². The van der Waals surface area contributed by atoms with Crippen LogP contribution in [-0.4, -0.2) is 40.2 Å². The first-order valence-electron chi connectivity index (χ1n) is 7.30. The van der Waals surface area contributed by atoms with Crippen molar-refractivity contribution in [3.05, 3.63) is 30.1 Å². The summed E-state index contributed by atoms with van der Waals surface area (Å²) in [5, 5.41) is 9.36. The Morgan fingerprint density at radius 1 is 1.53 bits per heavy atom. The quantitative estimate of drug-likeness (QED) is 0.786. The normalized spacial score (nSPS) is 19.2. The van der Waals surface area contributed by atoms with Crippen LogP contribution in [0, 0.1) is 0 Å². The van der Waals surface area contributed by atoms with Gasteiger partial charge < -0.3 is 10.8 Å². The Balaban J connectivity index is 2.24. The van der Waals surface area contributed by atoms with Crippen molar-refractivity contribution in [2.24, 2.45) is 5.73 Å². The zero-order chi connectivity index (χ0) is 13.7. The maximum absolute atomic E-state index is 9.36. The van der Waals surface area contributed by atoms with Crippen molar-refractivity contribution in [2.45, 2.75) is 50.7 Å². The van der Waals surface area contributed by atoms with Gasteiger partial charge in [-0.3, -0.25) is 9.88 Å². The molecule has 0 amide bonds. The minimum atomic E-state index is 0.0800. The molecule has 1 aliphatic carbocycles. The molecule has 0 bridgehead atoms. The fraction of sp³-hybridized carbons (Fsp3) is 0.667. The van der Waals surface area contributed by atoms with Crippen molar-refractivity contribution >= 4 is 0 Å². The molecule has 1 saturated carbocycles. The summed E-state index contributed by atoms with van der Waals surface area (Å²) in [5.41, 5.74) is 7.51. The van der Waals surface area contributed by atoms with Crippen molar-refractivity contribution < 1.29 is 5.11 Å². The van der Waals surface area contributed by atoms with Gasteiger partial charge in [0.1, 0.15) is 0 Å². The fourth-order valence-electron chi connectivity index (χ4n) is 2.84. The zero-order valence-corrected chi connectivity index (χ0v) is 11.7. The Bertz CT molecular complexity index is 367. The Labute approximate surface area is 115 Å². The molecule has 106 valence electrons. The van der Waals surface area contributed by atoms with Crippen LogP contribution >= 0.6 is 0 Å². The topological polar surface area (TPSA) is 62.4 Å². The van der Waals surface area contributed by atoms with Gasteiger partial charge in [-0.05, 0) is 30.9 Å². The van der Waals surface area contributed by atoms with Gasteiger partial charge >= 0.3 is 0 Å². The van der Waals surface area contributed by atoms with Gasteiger partial charge in [0.25, 0.3) is 0 Å². The van der Waals surface area contributed by atoms with E-state index >= 15 is 0 Å². The molecule has 0 aliphatic heterocycles. The van der Waals surface area contributed by atoms with Crippen LogP contribution in [0.2, 0.25) is 0 Å². The minimum absolute atomic E-state index is 0.0800. The summed E-state index contributed by atoms with van der Waals surface area (Å²) in [6, 6.07) is 4.86. The third kappa shape index (κ3) is 3.32. The predicted molar refractivity (Wildman–Crippen MR) is 76.7 cm³/mol. The number of nitrogens with two attached hydrogens (primary N) is 1. The third-order valence-electron chi connectivity index (χ3n) is 4.16. The summed E-state index contributed by atoms with van der Waals surface area (Å²) in [6.07, 6.45) is 8.34. The van der Waals surface area contributed by atoms with E-state index in [1.54, 1.807) is 6.20 Å². The average molecular weight is 263 g/mol. The van der Waals surface area contributed by atoms with E-state index in [0.29, 0.717) is 12.6 Å². The number of hydrogen-bond acceptors (Lipinski definition) is 4. The van der Waals surface area contributed by atoms with Crippen LogP contribution in [0.3, 0.4) is 0 Å². The summed E-state index contributed by atoms with van der Waals surface area (Å²) in [5.74, 6) is 0. The first kappa shape index (κ1) is 14.4. The molecule has 4 nitrogen and oxygen atoms in total. The maximum Gasteiger partial charge on any atom is 0.0558 e. The van der Waals surface area contributed by atoms with E-state index in [1.807, 2.05) is 12.3 Å². The van der Waals surface area contributed by atoms with E-state index in [0.717, 1.165) is 12.0 Å². The molecule has 3 N–H and O–H groups in total. The molecule has 19 heavy (non-hydrogen) atoms. The van der Waals surface area contributed by atoms with Crippen molar-refractivity contribution in [1.29, 1.82) is 0 Å². The van der Waals surface area contributed by atoms with E-state index in [2.05, 4.69) is 22.9 Å². The Kier molecular flexibility index (Phi) is 5.31. The fourth-order valence-corrected chi connectivity index (χ4v) is 2.84. The molecular weight excluding hydrogens is 238 g/mol. The molecule has 0 saturated heterocycles. The van der Waals surface area contributed by atoms with E-state index in [9.17, 15) is 5.11 Å². The lowest BCUT2D eigenvalue weighted by atomic mass is 9.87. The molecule has 1 aromatic rings. The molecule has 1 fully saturated rings. The first-order chi connectivity index (χ1) is 9.27. The van der Waals surface area contributed by atoms with Gasteiger partial charge in [-0.2, -0.15) is 0 Å². The molecule has 2 unspecified atom stereocenters. The standard InChI is InChI=1S/C15H25N3O/c1-2-14(16)15(12-5-4-8-17-11-12)18(9-10-19)13-6-3-7-13/h4-5,8,11,13-15,19H,2-3,6-7,9-10,16H2,1H3. The average Bonchev–Trinajstić information content (AvgIpc) is 2.38. The van der Waals surface area contributed by atoms with Crippen molar-refractivity contribution in [1.82, 2.24) is 9.88 Å². The number of rotatable bonds is 7. The van der Waals surface area contributed by atoms with Crippen molar-refractivity contribution in [3.8, 4) is 0 Å². The Morgan fingerprint density at radius 3 is 2.79 bits per heavy atom. The number of aliphatic hydroxyl groups excluding tert-OH is 1. The Morgan fingerprint density at radius 2 is 2.32 bits per heavy atom. The summed E-state index contributed by atoms with van der Waals surface area (Å²) in [6.45, 7) is 2.99. The molecule has 2 rings (SSSR count). The van der Waals surface area contributed by atoms with E-state index in [-0.39, 0.29) is 18.7 Å². The summed E-state index contributed by atoms with van der Waals surface area (Å²) >= 11 is 0. The number of aliphatic hydroxyl groups is 1. The zero-order valence-electron chi connectivity index (χ0n) is 11.7. The molecule has 4 heteroatoms. The molecule has 0 radical (unpaired) electrons. The highest BCUT2D eigenvalue weighted by molar-refractivity contribution is 5.17. The highest BCUT2D eigenvalue weighted by Crippen LogP contribution is 2.33. The van der Waals surface area contributed by atoms with E-state index < -0.39 is 0 Å². The van der Waals surface area contributed by atoms with Gasteiger partial charge in [-0.25, -0.2) is 0 Å². The van der Waals surface area contributed by atoms with Crippen molar-refractivity contribution in [2.75, 3.05) is 13.2 Å². The van der Waals surface area contributed by atoms with Crippen LogP contribution in [0.5, 0.6) is 0 Å². The first-order valence-corrected chi connectivity index (χ1v) is 7.30. The highest BCUT2D eigenvalue weighted by atomic mass is 16.3. The molecule has 1 heterocycles. The molecule has 1 aromatic heterocycles. The lowest BCUT2D eigenvalue weighted by Crippen LogP contribution is -2.49. The van der Waals surface area contributed by atoms with Gasteiger partial charge in [0.05, 0.1) is 12.6 Å². The lowest BCUT2D eigenvalue weighted by Gasteiger charge is -2.44. The second kappa shape index (κ2) is 6.98. The van der Waals surface area contributed by atoms with Gasteiger partial charge in [-0.1, -0.05) is 19.4 Å². The molecule has 2 atom stereocenters. The van der Waals surface area contributed by atoms with Crippen LogP contribution in [0.15, 0.2) is 24.5 Å². The monoisotopic (exact) mass is 263 g/mol. The van der Waals surface area contributed by atoms with E-state index in [1.165, 1.54) is 19.3 Å². The maximum atomic E-state index is 9.36. The second-order valence-corrected chi connectivity index (χ2v) is 5.35. The molecule has 0 aromatic carbocycles.